The molecule has 6 heteroatoms. The van der Waals surface area contributed by atoms with Gasteiger partial charge in [0.15, 0.2) is 5.96 Å². The lowest BCUT2D eigenvalue weighted by molar-refractivity contribution is -0.0265. The maximum atomic E-state index is 6.09. The molecule has 0 spiro atoms. The number of aliphatic imine (C=N–C) groups is 1. The van der Waals surface area contributed by atoms with E-state index in [-0.39, 0.29) is 30.1 Å². The van der Waals surface area contributed by atoms with Crippen molar-refractivity contribution in [2.75, 3.05) is 33.9 Å². The lowest BCUT2D eigenvalue weighted by atomic mass is 9.89. The molecular formula is C23H32IN3O2. The number of para-hydroxylation sites is 1. The highest BCUT2D eigenvalue weighted by Gasteiger charge is 2.27. The Kier molecular flexibility index (Phi) is 10.3. The summed E-state index contributed by atoms with van der Waals surface area (Å²) in [5.74, 6) is 2.19. The Labute approximate surface area is 191 Å². The molecule has 0 bridgehead atoms. The van der Waals surface area contributed by atoms with Gasteiger partial charge in [-0.05, 0) is 36.5 Å². The van der Waals surface area contributed by atoms with Crippen molar-refractivity contribution in [3.8, 4) is 5.75 Å². The second kappa shape index (κ2) is 12.7. The summed E-state index contributed by atoms with van der Waals surface area (Å²) in [5, 5.41) is 6.89. The Morgan fingerprint density at radius 1 is 1.10 bits per heavy atom. The van der Waals surface area contributed by atoms with Crippen LogP contribution in [0.3, 0.4) is 0 Å². The molecule has 1 fully saturated rings. The van der Waals surface area contributed by atoms with Crippen LogP contribution in [0.4, 0.5) is 0 Å². The fourth-order valence-electron chi connectivity index (χ4n) is 3.74. The minimum absolute atomic E-state index is 0. The van der Waals surface area contributed by atoms with Crippen LogP contribution in [-0.4, -0.2) is 39.8 Å². The largest absolute Gasteiger partial charge is 0.496 e. The summed E-state index contributed by atoms with van der Waals surface area (Å²) in [7, 11) is 3.52. The van der Waals surface area contributed by atoms with Gasteiger partial charge in [0.25, 0.3) is 0 Å². The highest BCUT2D eigenvalue weighted by atomic mass is 127. The van der Waals surface area contributed by atoms with Crippen molar-refractivity contribution >= 4 is 29.9 Å². The van der Waals surface area contributed by atoms with Gasteiger partial charge in [-0.3, -0.25) is 4.99 Å². The van der Waals surface area contributed by atoms with E-state index in [0.29, 0.717) is 5.92 Å². The van der Waals surface area contributed by atoms with Crippen LogP contribution in [0.15, 0.2) is 59.6 Å². The van der Waals surface area contributed by atoms with Crippen LogP contribution in [-0.2, 0) is 11.2 Å². The van der Waals surface area contributed by atoms with E-state index in [9.17, 15) is 0 Å². The summed E-state index contributed by atoms with van der Waals surface area (Å²) < 4.78 is 11.5. The fraction of sp³-hybridized carbons (Fsp3) is 0.435. The normalized spacial score (nSPS) is 19.2. The number of nitrogens with zero attached hydrogens (tertiary/aromatic N) is 1. The first-order valence-electron chi connectivity index (χ1n) is 10.0. The Balaban J connectivity index is 0.00000300. The number of methoxy groups -OCH3 is 1. The highest BCUT2D eigenvalue weighted by Crippen LogP contribution is 2.33. The van der Waals surface area contributed by atoms with Gasteiger partial charge < -0.3 is 20.1 Å². The maximum absolute atomic E-state index is 6.09. The van der Waals surface area contributed by atoms with E-state index in [1.165, 1.54) is 11.1 Å². The second-order valence-corrected chi connectivity index (χ2v) is 7.05. The number of rotatable bonds is 7. The predicted molar refractivity (Wildman–Crippen MR) is 129 cm³/mol. The van der Waals surface area contributed by atoms with Crippen LogP contribution in [0.5, 0.6) is 5.75 Å². The van der Waals surface area contributed by atoms with E-state index in [1.807, 2.05) is 31.3 Å². The van der Waals surface area contributed by atoms with E-state index < -0.39 is 0 Å². The molecule has 1 heterocycles. The quantitative estimate of drug-likeness (QED) is 0.334. The van der Waals surface area contributed by atoms with Gasteiger partial charge in [0.05, 0.1) is 13.2 Å². The zero-order valence-electron chi connectivity index (χ0n) is 17.3. The van der Waals surface area contributed by atoms with E-state index in [2.05, 4.69) is 46.0 Å². The lowest BCUT2D eigenvalue weighted by Gasteiger charge is -2.32. The van der Waals surface area contributed by atoms with Crippen LogP contribution in [0.1, 0.15) is 30.1 Å². The molecule has 1 saturated heterocycles. The molecule has 2 atom stereocenters. The van der Waals surface area contributed by atoms with Crippen LogP contribution in [0.25, 0.3) is 0 Å². The van der Waals surface area contributed by atoms with Crippen molar-refractivity contribution < 1.29 is 9.47 Å². The van der Waals surface area contributed by atoms with Crippen molar-refractivity contribution in [1.29, 1.82) is 0 Å². The Morgan fingerprint density at radius 3 is 2.62 bits per heavy atom. The van der Waals surface area contributed by atoms with Gasteiger partial charge in [-0.15, -0.1) is 24.0 Å². The van der Waals surface area contributed by atoms with Gasteiger partial charge in [-0.25, -0.2) is 0 Å². The molecule has 2 aromatic carbocycles. The van der Waals surface area contributed by atoms with E-state index >= 15 is 0 Å². The van der Waals surface area contributed by atoms with Crippen molar-refractivity contribution in [1.82, 2.24) is 10.6 Å². The monoisotopic (exact) mass is 509 g/mol. The summed E-state index contributed by atoms with van der Waals surface area (Å²) in [6, 6.07) is 18.6. The average molecular weight is 509 g/mol. The third kappa shape index (κ3) is 6.89. The molecule has 29 heavy (non-hydrogen) atoms. The third-order valence-electron chi connectivity index (χ3n) is 5.21. The molecule has 0 saturated carbocycles. The minimum atomic E-state index is 0. The van der Waals surface area contributed by atoms with E-state index in [0.717, 1.165) is 50.7 Å². The van der Waals surface area contributed by atoms with Crippen molar-refractivity contribution in [3.05, 3.63) is 65.7 Å². The van der Waals surface area contributed by atoms with Gasteiger partial charge in [0, 0.05) is 32.7 Å². The molecule has 0 aliphatic carbocycles. The van der Waals surface area contributed by atoms with E-state index in [1.54, 1.807) is 7.11 Å². The smallest absolute Gasteiger partial charge is 0.190 e. The first-order valence-corrected chi connectivity index (χ1v) is 10.0. The number of benzene rings is 2. The number of ether oxygens (including phenoxy) is 2. The predicted octanol–water partition coefficient (Wildman–Crippen LogP) is 4.19. The summed E-state index contributed by atoms with van der Waals surface area (Å²) in [5.41, 5.74) is 2.45. The summed E-state index contributed by atoms with van der Waals surface area (Å²) in [6.45, 7) is 2.47. The Morgan fingerprint density at radius 2 is 1.86 bits per heavy atom. The minimum Gasteiger partial charge on any atom is -0.496 e. The standard InChI is InChI=1S/C23H31N3O2.HI/c1-24-23(25-15-14-18-9-6-7-13-21(18)27-2)26-17-20-12-8-16-28-22(20)19-10-4-3-5-11-19;/h3-7,9-11,13,20,22H,8,12,14-17H2,1-2H3,(H2,24,25,26);1H. The Hall–Kier alpha value is -1.80. The number of halogens is 1. The van der Waals surface area contributed by atoms with Crippen LogP contribution in [0, 0.1) is 5.92 Å². The molecule has 1 aliphatic rings. The molecule has 0 aromatic heterocycles. The molecule has 0 amide bonds. The lowest BCUT2D eigenvalue weighted by Crippen LogP contribution is -2.42. The van der Waals surface area contributed by atoms with Crippen molar-refractivity contribution in [2.24, 2.45) is 10.9 Å². The van der Waals surface area contributed by atoms with Gasteiger partial charge in [0.2, 0.25) is 0 Å². The Bertz CT molecular complexity index is 755. The summed E-state index contributed by atoms with van der Waals surface area (Å²) in [4.78, 5) is 4.37. The molecule has 2 aromatic rings. The average Bonchev–Trinajstić information content (AvgIpc) is 2.77. The second-order valence-electron chi connectivity index (χ2n) is 7.05. The van der Waals surface area contributed by atoms with Crippen molar-refractivity contribution in [2.45, 2.75) is 25.4 Å². The SMILES string of the molecule is CN=C(NCCc1ccccc1OC)NCC1CCCOC1c1ccccc1.I. The molecule has 2 N–H and O–H groups in total. The number of nitrogens with one attached hydrogen (secondary N) is 2. The molecule has 3 rings (SSSR count). The van der Waals surface area contributed by atoms with Crippen LogP contribution >= 0.6 is 24.0 Å². The van der Waals surface area contributed by atoms with Crippen LogP contribution < -0.4 is 15.4 Å². The molecule has 5 nitrogen and oxygen atoms in total. The fourth-order valence-corrected chi connectivity index (χ4v) is 3.74. The van der Waals surface area contributed by atoms with Gasteiger partial charge in [-0.2, -0.15) is 0 Å². The first kappa shape index (κ1) is 23.5. The van der Waals surface area contributed by atoms with Gasteiger partial charge in [0.1, 0.15) is 5.75 Å². The highest BCUT2D eigenvalue weighted by molar-refractivity contribution is 14.0. The topological polar surface area (TPSA) is 54.9 Å². The molecular weight excluding hydrogens is 477 g/mol. The van der Waals surface area contributed by atoms with Gasteiger partial charge in [-0.1, -0.05) is 48.5 Å². The number of hydrogen-bond donors (Lipinski definition) is 2. The maximum Gasteiger partial charge on any atom is 0.190 e. The first-order chi connectivity index (χ1) is 13.8. The molecule has 2 unspecified atom stereocenters. The summed E-state index contributed by atoms with van der Waals surface area (Å²) >= 11 is 0. The number of hydrogen-bond acceptors (Lipinski definition) is 3. The molecule has 158 valence electrons. The molecule has 1 aliphatic heterocycles. The third-order valence-corrected chi connectivity index (χ3v) is 5.21. The summed E-state index contributed by atoms with van der Waals surface area (Å²) in [6.07, 6.45) is 3.29. The molecule has 0 radical (unpaired) electrons. The zero-order chi connectivity index (χ0) is 19.6. The van der Waals surface area contributed by atoms with Crippen molar-refractivity contribution in [3.63, 3.8) is 0 Å². The zero-order valence-corrected chi connectivity index (χ0v) is 19.6. The van der Waals surface area contributed by atoms with E-state index in [4.69, 9.17) is 9.47 Å². The van der Waals surface area contributed by atoms with Gasteiger partial charge >= 0.3 is 0 Å². The van der Waals surface area contributed by atoms with Crippen LogP contribution in [0.2, 0.25) is 0 Å². The number of guanidine groups is 1.